The van der Waals surface area contributed by atoms with Gasteiger partial charge in [-0.2, -0.15) is 0 Å². The monoisotopic (exact) mass is 416 g/mol. The largest absolute Gasteiger partial charge is 0.289 e. The fraction of sp³-hybridized carbons (Fsp3) is 0.222. The van der Waals surface area contributed by atoms with E-state index in [9.17, 15) is 9.18 Å². The molecule has 0 heterocycles. The van der Waals surface area contributed by atoms with Gasteiger partial charge in [-0.05, 0) is 75.9 Å². The average Bonchev–Trinajstić information content (AvgIpc) is 2.74. The number of hydrogen-bond acceptors (Lipinski definition) is 1. The Bertz CT molecular complexity index is 1220. The third-order valence-corrected chi connectivity index (χ3v) is 6.71. The first-order valence-corrected chi connectivity index (χ1v) is 10.8. The van der Waals surface area contributed by atoms with E-state index in [2.05, 4.69) is 50.2 Å². The van der Waals surface area contributed by atoms with Crippen LogP contribution >= 0.6 is 11.6 Å². The van der Waals surface area contributed by atoms with Crippen LogP contribution in [-0.2, 0) is 12.8 Å². The molecule has 3 heteroatoms. The molecule has 30 heavy (non-hydrogen) atoms. The second-order valence-electron chi connectivity index (χ2n) is 8.53. The molecule has 1 atom stereocenters. The van der Waals surface area contributed by atoms with Crippen LogP contribution in [0.2, 0.25) is 5.02 Å². The number of rotatable bonds is 2. The number of hydrogen-bond donors (Lipinski definition) is 0. The molecule has 150 valence electrons. The Morgan fingerprint density at radius 3 is 2.57 bits per heavy atom. The lowest BCUT2D eigenvalue weighted by Gasteiger charge is -2.33. The molecule has 0 amide bonds. The van der Waals surface area contributed by atoms with Crippen molar-refractivity contribution in [1.29, 1.82) is 0 Å². The van der Waals surface area contributed by atoms with Crippen molar-refractivity contribution in [3.8, 4) is 11.1 Å². The van der Waals surface area contributed by atoms with Gasteiger partial charge in [-0.15, -0.1) is 0 Å². The van der Waals surface area contributed by atoms with Gasteiger partial charge in [0.25, 0.3) is 0 Å². The van der Waals surface area contributed by atoms with E-state index in [1.54, 1.807) is 18.2 Å². The fourth-order valence-corrected chi connectivity index (χ4v) is 5.30. The Kier molecular flexibility index (Phi) is 4.63. The van der Waals surface area contributed by atoms with Crippen LogP contribution in [-0.4, -0.2) is 5.78 Å². The summed E-state index contributed by atoms with van der Waals surface area (Å²) in [5.74, 6) is -0.0754. The molecule has 0 radical (unpaired) electrons. The second-order valence-corrected chi connectivity index (χ2v) is 8.93. The van der Waals surface area contributed by atoms with Crippen molar-refractivity contribution < 1.29 is 9.18 Å². The van der Waals surface area contributed by atoms with Crippen LogP contribution in [0.15, 0.2) is 60.7 Å². The molecule has 3 aromatic rings. The fourth-order valence-electron chi connectivity index (χ4n) is 5.12. The number of carbonyl (C=O) groups excluding carboxylic acids is 1. The van der Waals surface area contributed by atoms with Crippen molar-refractivity contribution >= 4 is 23.0 Å². The molecule has 0 fully saturated rings. The van der Waals surface area contributed by atoms with Crippen LogP contribution in [0.25, 0.3) is 16.7 Å². The van der Waals surface area contributed by atoms with E-state index in [0.29, 0.717) is 0 Å². The zero-order valence-electron chi connectivity index (χ0n) is 17.0. The van der Waals surface area contributed by atoms with E-state index in [1.807, 2.05) is 0 Å². The van der Waals surface area contributed by atoms with Gasteiger partial charge < -0.3 is 0 Å². The standard InChI is InChI=1S/C27H22ClFO/c1-15(2)26-21-11-10-19-18-6-4-3-5-16(18)7-9-20(19)27(21)25(30)14-22(26)17-8-12-24(29)23(28)13-17/h3-6,8,10-15,26H,7,9H2,1-2H3. The molecule has 0 saturated heterocycles. The third kappa shape index (κ3) is 2.94. The molecule has 5 rings (SSSR count). The number of carbonyl (C=O) groups is 1. The SMILES string of the molecule is CC(C)C1C(c2ccc(F)c(Cl)c2)=CC(=O)c2c1ccc1c2CCc2ccccc2-1. The van der Waals surface area contributed by atoms with Crippen molar-refractivity contribution in [1.82, 2.24) is 0 Å². The van der Waals surface area contributed by atoms with Gasteiger partial charge in [-0.1, -0.05) is 67.9 Å². The van der Waals surface area contributed by atoms with E-state index in [1.165, 1.54) is 22.8 Å². The summed E-state index contributed by atoms with van der Waals surface area (Å²) >= 11 is 6.05. The molecular formula is C27H22ClFO. The summed E-state index contributed by atoms with van der Waals surface area (Å²) in [5, 5.41) is 0.0798. The van der Waals surface area contributed by atoms with Crippen molar-refractivity contribution in [3.63, 3.8) is 0 Å². The molecule has 0 bridgehead atoms. The van der Waals surface area contributed by atoms with Gasteiger partial charge in [-0.3, -0.25) is 4.79 Å². The number of allylic oxidation sites excluding steroid dienone is 2. The summed E-state index contributed by atoms with van der Waals surface area (Å²) in [6.07, 6.45) is 3.57. The molecule has 2 aliphatic rings. The molecule has 0 N–H and O–H groups in total. The molecule has 1 unspecified atom stereocenters. The maximum Gasteiger partial charge on any atom is 0.186 e. The molecule has 0 aromatic heterocycles. The minimum Gasteiger partial charge on any atom is -0.289 e. The average molecular weight is 417 g/mol. The van der Waals surface area contributed by atoms with Crippen LogP contribution in [0.4, 0.5) is 4.39 Å². The zero-order valence-corrected chi connectivity index (χ0v) is 17.8. The Morgan fingerprint density at radius 2 is 1.80 bits per heavy atom. The number of fused-ring (bicyclic) bond motifs is 5. The minimum absolute atomic E-state index is 0.0357. The predicted octanol–water partition coefficient (Wildman–Crippen LogP) is 7.26. The van der Waals surface area contributed by atoms with E-state index in [0.717, 1.165) is 40.7 Å². The van der Waals surface area contributed by atoms with Crippen LogP contribution in [0.1, 0.15) is 52.4 Å². The number of ketones is 1. The topological polar surface area (TPSA) is 17.1 Å². The normalized spacial score (nSPS) is 17.3. The maximum atomic E-state index is 13.7. The lowest BCUT2D eigenvalue weighted by molar-refractivity contribution is 0.104. The highest BCUT2D eigenvalue weighted by atomic mass is 35.5. The minimum atomic E-state index is -0.447. The summed E-state index contributed by atoms with van der Waals surface area (Å²) in [6.45, 7) is 4.33. The smallest absolute Gasteiger partial charge is 0.186 e. The van der Waals surface area contributed by atoms with Crippen molar-refractivity contribution in [2.24, 2.45) is 5.92 Å². The molecule has 0 spiro atoms. The van der Waals surface area contributed by atoms with E-state index in [-0.39, 0.29) is 22.6 Å². The van der Waals surface area contributed by atoms with E-state index in [4.69, 9.17) is 11.6 Å². The van der Waals surface area contributed by atoms with Gasteiger partial charge >= 0.3 is 0 Å². The van der Waals surface area contributed by atoms with Crippen LogP contribution in [0.5, 0.6) is 0 Å². The molecule has 0 aliphatic heterocycles. The summed E-state index contributed by atoms with van der Waals surface area (Å²) in [7, 11) is 0. The quantitative estimate of drug-likeness (QED) is 0.429. The molecule has 2 aliphatic carbocycles. The Balaban J connectivity index is 1.70. The third-order valence-electron chi connectivity index (χ3n) is 6.42. The molecule has 0 saturated carbocycles. The summed E-state index contributed by atoms with van der Waals surface area (Å²) in [5.41, 5.74) is 8.57. The summed E-state index contributed by atoms with van der Waals surface area (Å²) < 4.78 is 13.7. The zero-order chi connectivity index (χ0) is 21.0. The van der Waals surface area contributed by atoms with Gasteiger partial charge in [0.2, 0.25) is 0 Å². The van der Waals surface area contributed by atoms with Gasteiger partial charge in [0.05, 0.1) is 5.02 Å². The van der Waals surface area contributed by atoms with Gasteiger partial charge in [0, 0.05) is 11.5 Å². The van der Waals surface area contributed by atoms with E-state index >= 15 is 0 Å². The summed E-state index contributed by atoms with van der Waals surface area (Å²) in [4.78, 5) is 13.4. The molecular weight excluding hydrogens is 395 g/mol. The Hall–Kier alpha value is -2.71. The molecule has 3 aromatic carbocycles. The lowest BCUT2D eigenvalue weighted by Crippen LogP contribution is -2.22. The van der Waals surface area contributed by atoms with Crippen LogP contribution < -0.4 is 0 Å². The lowest BCUT2D eigenvalue weighted by atomic mass is 9.70. The van der Waals surface area contributed by atoms with Crippen molar-refractivity contribution in [2.75, 3.05) is 0 Å². The predicted molar refractivity (Wildman–Crippen MR) is 121 cm³/mol. The van der Waals surface area contributed by atoms with Gasteiger partial charge in [-0.25, -0.2) is 4.39 Å². The Morgan fingerprint density at radius 1 is 1.00 bits per heavy atom. The highest BCUT2D eigenvalue weighted by molar-refractivity contribution is 6.31. The van der Waals surface area contributed by atoms with Gasteiger partial charge in [0.1, 0.15) is 5.82 Å². The molecule has 1 nitrogen and oxygen atoms in total. The second kappa shape index (κ2) is 7.21. The number of halogens is 2. The highest BCUT2D eigenvalue weighted by Crippen LogP contribution is 2.47. The Labute approximate surface area is 181 Å². The summed E-state index contributed by atoms with van der Waals surface area (Å²) in [6, 6.07) is 17.5. The first-order chi connectivity index (χ1) is 14.5. The highest BCUT2D eigenvalue weighted by Gasteiger charge is 2.34. The number of benzene rings is 3. The van der Waals surface area contributed by atoms with Crippen LogP contribution in [0.3, 0.4) is 0 Å². The number of aryl methyl sites for hydroxylation is 1. The van der Waals surface area contributed by atoms with Crippen LogP contribution in [0, 0.1) is 11.7 Å². The van der Waals surface area contributed by atoms with E-state index < -0.39 is 5.82 Å². The van der Waals surface area contributed by atoms with Crippen molar-refractivity contribution in [2.45, 2.75) is 32.6 Å². The first-order valence-electron chi connectivity index (χ1n) is 10.4. The maximum absolute atomic E-state index is 13.7. The van der Waals surface area contributed by atoms with Crippen molar-refractivity contribution in [3.05, 3.63) is 99.3 Å². The van der Waals surface area contributed by atoms with Gasteiger partial charge in [0.15, 0.2) is 5.78 Å². The first kappa shape index (κ1) is 19.3.